The Morgan fingerprint density at radius 2 is 1.52 bits per heavy atom. The number of carbonyl (C=O) groups is 2. The maximum absolute atomic E-state index is 15.6. The highest BCUT2D eigenvalue weighted by Crippen LogP contribution is 2.41. The predicted octanol–water partition coefficient (Wildman–Crippen LogP) is 7.13. The summed E-state index contributed by atoms with van der Waals surface area (Å²) in [5.41, 5.74) is -3.88. The molecule has 1 fully saturated rings. The number of amides is 1. The van der Waals surface area contributed by atoms with E-state index in [4.69, 9.17) is 23.2 Å². The van der Waals surface area contributed by atoms with Crippen molar-refractivity contribution in [2.75, 3.05) is 6.54 Å². The van der Waals surface area contributed by atoms with Crippen molar-refractivity contribution in [3.63, 3.8) is 0 Å². The summed E-state index contributed by atoms with van der Waals surface area (Å²) in [6.07, 6.45) is -2.72. The van der Waals surface area contributed by atoms with E-state index in [1.807, 2.05) is 0 Å². The topological polar surface area (TPSA) is 88.3 Å². The summed E-state index contributed by atoms with van der Waals surface area (Å²) >= 11 is 11.7. The van der Waals surface area contributed by atoms with E-state index in [0.717, 1.165) is 24.5 Å². The maximum atomic E-state index is 15.6. The molecule has 1 aromatic carbocycles. The van der Waals surface area contributed by atoms with E-state index in [1.54, 1.807) is 0 Å². The molecule has 4 rings (SSSR count). The van der Waals surface area contributed by atoms with Crippen LogP contribution in [0.5, 0.6) is 0 Å². The van der Waals surface area contributed by atoms with Gasteiger partial charge in [-0.1, -0.05) is 23.2 Å². The van der Waals surface area contributed by atoms with Gasteiger partial charge >= 0.3 is 12.1 Å². The molecule has 1 aliphatic rings. The molecule has 2 heterocycles. The van der Waals surface area contributed by atoms with Gasteiger partial charge in [0, 0.05) is 25.0 Å². The van der Waals surface area contributed by atoms with Crippen LogP contribution >= 0.6 is 23.2 Å². The number of nitrogens with zero attached hydrogens (tertiary/aromatic N) is 4. The number of rotatable bonds is 8. The minimum absolute atomic E-state index is 0.0127. The lowest BCUT2D eigenvalue weighted by molar-refractivity contribution is -0.147. The summed E-state index contributed by atoms with van der Waals surface area (Å²) < 4.78 is 103. The monoisotopic (exact) mass is 640 g/mol. The molecular weight excluding hydrogens is 620 g/mol. The van der Waals surface area contributed by atoms with E-state index in [9.17, 15) is 36.6 Å². The Labute approximate surface area is 243 Å². The Hall–Kier alpha value is -3.39. The van der Waals surface area contributed by atoms with Crippen LogP contribution in [0, 0.1) is 17.6 Å². The minimum atomic E-state index is -5.18. The number of carboxylic acid groups (broad SMARTS) is 1. The molecule has 0 atom stereocenters. The number of carbonyl (C=O) groups excluding carboxylic acids is 1. The first-order chi connectivity index (χ1) is 19.6. The van der Waals surface area contributed by atoms with Gasteiger partial charge in [0.15, 0.2) is 5.69 Å². The van der Waals surface area contributed by atoms with Crippen molar-refractivity contribution in [3.8, 4) is 0 Å². The quantitative estimate of drug-likeness (QED) is 0.265. The molecule has 1 aliphatic carbocycles. The Kier molecular flexibility index (Phi) is 9.07. The second-order valence-electron chi connectivity index (χ2n) is 9.81. The Balaban J connectivity index is 1.76. The van der Waals surface area contributed by atoms with Crippen molar-refractivity contribution in [3.05, 3.63) is 80.9 Å². The summed E-state index contributed by atoms with van der Waals surface area (Å²) in [4.78, 5) is 28.7. The van der Waals surface area contributed by atoms with Crippen LogP contribution in [0.3, 0.4) is 0 Å². The van der Waals surface area contributed by atoms with E-state index in [-0.39, 0.29) is 31.2 Å². The van der Waals surface area contributed by atoms with E-state index < -0.39 is 87.5 Å². The van der Waals surface area contributed by atoms with Gasteiger partial charge in [-0.3, -0.25) is 19.3 Å². The summed E-state index contributed by atoms with van der Waals surface area (Å²) in [6.45, 7) is -2.50. The van der Waals surface area contributed by atoms with Crippen LogP contribution < -0.4 is 0 Å². The standard InChI is InChI=1S/C26H21Cl2F7N4O3/c27-19-9-36-10-20(28)21(19)25(31,32)12-38(11-13-5-15(29)7-16(30)6-13)23(40)18-8-37-39(22(18)26(33,34)35)17-3-1-14(2-4-17)24(41)42/h5-10,14,17H,1-4,11-12H2,(H,41,42). The summed E-state index contributed by atoms with van der Waals surface area (Å²) in [6, 6.07) is 1.05. The molecule has 0 radical (unpaired) electrons. The maximum Gasteiger partial charge on any atom is 0.433 e. The number of halogens is 9. The van der Waals surface area contributed by atoms with Gasteiger partial charge in [0.05, 0.1) is 45.9 Å². The van der Waals surface area contributed by atoms with Gasteiger partial charge in [-0.2, -0.15) is 27.1 Å². The highest BCUT2D eigenvalue weighted by atomic mass is 35.5. The molecule has 226 valence electrons. The fourth-order valence-corrected chi connectivity index (χ4v) is 5.66. The Morgan fingerprint density at radius 1 is 0.952 bits per heavy atom. The third kappa shape index (κ3) is 6.80. The largest absolute Gasteiger partial charge is 0.481 e. The fourth-order valence-electron chi connectivity index (χ4n) is 5.02. The molecule has 2 aromatic heterocycles. The molecular formula is C26H21Cl2F7N4O3. The summed E-state index contributed by atoms with van der Waals surface area (Å²) in [5.74, 6) is -9.65. The summed E-state index contributed by atoms with van der Waals surface area (Å²) in [5, 5.41) is 11.8. The molecule has 0 bridgehead atoms. The zero-order valence-corrected chi connectivity index (χ0v) is 22.8. The predicted molar refractivity (Wildman–Crippen MR) is 135 cm³/mol. The Morgan fingerprint density at radius 3 is 2.05 bits per heavy atom. The number of pyridine rings is 1. The van der Waals surface area contributed by atoms with Gasteiger partial charge < -0.3 is 10.0 Å². The molecule has 1 N–H and O–H groups in total. The third-order valence-electron chi connectivity index (χ3n) is 6.88. The van der Waals surface area contributed by atoms with Crippen molar-refractivity contribution in [2.45, 2.75) is 50.4 Å². The molecule has 0 spiro atoms. The highest BCUT2D eigenvalue weighted by molar-refractivity contribution is 6.35. The first kappa shape index (κ1) is 31.5. The first-order valence-electron chi connectivity index (χ1n) is 12.4. The number of hydrogen-bond acceptors (Lipinski definition) is 4. The molecule has 3 aromatic rings. The second-order valence-corrected chi connectivity index (χ2v) is 10.6. The van der Waals surface area contributed by atoms with Gasteiger partial charge in [-0.25, -0.2) is 8.78 Å². The molecule has 1 saturated carbocycles. The number of aliphatic carboxylic acids is 1. The average Bonchev–Trinajstić information content (AvgIpc) is 3.33. The van der Waals surface area contributed by atoms with Crippen molar-refractivity contribution in [1.29, 1.82) is 0 Å². The van der Waals surface area contributed by atoms with E-state index in [2.05, 4.69) is 10.1 Å². The van der Waals surface area contributed by atoms with Crippen LogP contribution in [0.2, 0.25) is 10.0 Å². The lowest BCUT2D eigenvalue weighted by Gasteiger charge is -2.30. The summed E-state index contributed by atoms with van der Waals surface area (Å²) in [7, 11) is 0. The minimum Gasteiger partial charge on any atom is -0.481 e. The van der Waals surface area contributed by atoms with E-state index in [1.165, 1.54) is 0 Å². The first-order valence-corrected chi connectivity index (χ1v) is 13.1. The van der Waals surface area contributed by atoms with Crippen LogP contribution in [0.1, 0.15) is 58.9 Å². The smallest absolute Gasteiger partial charge is 0.433 e. The van der Waals surface area contributed by atoms with Crippen molar-refractivity contribution < 1.29 is 45.4 Å². The van der Waals surface area contributed by atoms with Gasteiger partial charge in [0.1, 0.15) is 11.6 Å². The van der Waals surface area contributed by atoms with Gasteiger partial charge in [-0.15, -0.1) is 0 Å². The fraction of sp³-hybridized carbons (Fsp3) is 0.385. The second kappa shape index (κ2) is 12.1. The SMILES string of the molecule is O=C(O)C1CCC(n2ncc(C(=O)N(Cc3cc(F)cc(F)c3)CC(F)(F)c3c(Cl)cncc3Cl)c2C(F)(F)F)CC1. The number of alkyl halides is 5. The molecule has 16 heteroatoms. The number of aromatic nitrogens is 3. The lowest BCUT2D eigenvalue weighted by Crippen LogP contribution is -2.40. The van der Waals surface area contributed by atoms with Crippen LogP contribution in [0.15, 0.2) is 36.8 Å². The third-order valence-corrected chi connectivity index (χ3v) is 7.45. The van der Waals surface area contributed by atoms with E-state index >= 15 is 8.78 Å². The normalized spacial score (nSPS) is 17.7. The van der Waals surface area contributed by atoms with Crippen molar-refractivity contribution in [2.24, 2.45) is 5.92 Å². The molecule has 0 aliphatic heterocycles. The highest BCUT2D eigenvalue weighted by Gasteiger charge is 2.45. The Bertz CT molecular complexity index is 1450. The number of carboxylic acids is 1. The van der Waals surface area contributed by atoms with Gasteiger partial charge in [0.25, 0.3) is 11.8 Å². The average molecular weight is 641 g/mol. The molecule has 7 nitrogen and oxygen atoms in total. The van der Waals surface area contributed by atoms with Crippen LogP contribution in [0.4, 0.5) is 30.7 Å². The lowest BCUT2D eigenvalue weighted by atomic mass is 9.86. The zero-order chi connectivity index (χ0) is 31.0. The van der Waals surface area contributed by atoms with Crippen LogP contribution in [-0.2, 0) is 23.4 Å². The van der Waals surface area contributed by atoms with Crippen LogP contribution in [0.25, 0.3) is 0 Å². The molecule has 0 unspecified atom stereocenters. The molecule has 0 saturated heterocycles. The van der Waals surface area contributed by atoms with Crippen LogP contribution in [-0.4, -0.2) is 43.2 Å². The van der Waals surface area contributed by atoms with Gasteiger partial charge in [0.2, 0.25) is 0 Å². The zero-order valence-electron chi connectivity index (χ0n) is 21.3. The molecule has 1 amide bonds. The number of hydrogen-bond donors (Lipinski definition) is 1. The molecule has 42 heavy (non-hydrogen) atoms. The van der Waals surface area contributed by atoms with Crippen molar-refractivity contribution in [1.82, 2.24) is 19.7 Å². The number of benzene rings is 1. The van der Waals surface area contributed by atoms with E-state index in [0.29, 0.717) is 21.8 Å². The van der Waals surface area contributed by atoms with Gasteiger partial charge in [-0.05, 0) is 43.4 Å². The van der Waals surface area contributed by atoms with Crippen molar-refractivity contribution >= 4 is 35.1 Å².